The van der Waals surface area contributed by atoms with Crippen molar-refractivity contribution in [1.82, 2.24) is 5.32 Å². The smallest absolute Gasteiger partial charge is 0.305 e. The highest BCUT2D eigenvalue weighted by atomic mass is 16.5. The minimum Gasteiger partial charge on any atom is -0.497 e. The summed E-state index contributed by atoms with van der Waals surface area (Å²) in [5.74, 6) is -0.0644. The quantitative estimate of drug-likeness (QED) is 0.735. The third-order valence-corrected chi connectivity index (χ3v) is 2.44. The monoisotopic (exact) mass is 279 g/mol. The molecule has 1 amide bonds. The molecular weight excluding hydrogens is 262 g/mol. The molecule has 0 aromatic heterocycles. The highest BCUT2D eigenvalue weighted by Crippen LogP contribution is 2.23. The topological polar surface area (TPSA) is 84.9 Å². The van der Waals surface area contributed by atoms with E-state index < -0.39 is 5.97 Å². The van der Waals surface area contributed by atoms with E-state index in [0.29, 0.717) is 11.5 Å². The Kier molecular flexibility index (Phi) is 6.09. The predicted octanol–water partition coefficient (Wildman–Crippen LogP) is 1.31. The minimum absolute atomic E-state index is 0.0972. The van der Waals surface area contributed by atoms with Crippen molar-refractivity contribution in [2.45, 2.75) is 6.42 Å². The second kappa shape index (κ2) is 7.83. The van der Waals surface area contributed by atoms with E-state index in [1.165, 1.54) is 6.08 Å². The van der Waals surface area contributed by atoms with E-state index in [1.807, 2.05) is 0 Å². The van der Waals surface area contributed by atoms with Crippen LogP contribution in [-0.4, -0.2) is 37.7 Å². The second-order valence-electron chi connectivity index (χ2n) is 3.91. The summed E-state index contributed by atoms with van der Waals surface area (Å²) in [6.45, 7) is 0.0972. The summed E-state index contributed by atoms with van der Waals surface area (Å²) in [7, 11) is 3.09. The Hall–Kier alpha value is -2.50. The van der Waals surface area contributed by atoms with Crippen LogP contribution >= 0.6 is 0 Å². The van der Waals surface area contributed by atoms with Crippen molar-refractivity contribution in [2.24, 2.45) is 0 Å². The predicted molar refractivity (Wildman–Crippen MR) is 73.8 cm³/mol. The maximum Gasteiger partial charge on any atom is 0.305 e. The van der Waals surface area contributed by atoms with Crippen molar-refractivity contribution >= 4 is 18.0 Å². The number of carbonyl (C=O) groups is 2. The van der Waals surface area contributed by atoms with Gasteiger partial charge in [0.05, 0.1) is 20.6 Å². The zero-order valence-electron chi connectivity index (χ0n) is 11.4. The molecule has 1 aromatic carbocycles. The maximum atomic E-state index is 11.5. The van der Waals surface area contributed by atoms with Gasteiger partial charge in [-0.1, -0.05) is 0 Å². The van der Waals surface area contributed by atoms with Gasteiger partial charge in [-0.15, -0.1) is 0 Å². The summed E-state index contributed by atoms with van der Waals surface area (Å²) in [5.41, 5.74) is 0.745. The van der Waals surface area contributed by atoms with Crippen LogP contribution in [0.2, 0.25) is 0 Å². The molecule has 0 spiro atoms. The van der Waals surface area contributed by atoms with E-state index in [9.17, 15) is 9.59 Å². The first-order chi connectivity index (χ1) is 9.55. The third-order valence-electron chi connectivity index (χ3n) is 2.44. The summed E-state index contributed by atoms with van der Waals surface area (Å²) in [6.07, 6.45) is 2.82. The number of ether oxygens (including phenoxy) is 2. The number of hydrogen-bond acceptors (Lipinski definition) is 4. The van der Waals surface area contributed by atoms with Crippen LogP contribution in [0.1, 0.15) is 12.0 Å². The fourth-order valence-electron chi connectivity index (χ4n) is 1.45. The third kappa shape index (κ3) is 5.43. The molecule has 0 aliphatic rings. The summed E-state index contributed by atoms with van der Waals surface area (Å²) in [4.78, 5) is 21.8. The van der Waals surface area contributed by atoms with E-state index in [2.05, 4.69) is 5.32 Å². The Morgan fingerprint density at radius 3 is 2.30 bits per heavy atom. The van der Waals surface area contributed by atoms with E-state index >= 15 is 0 Å². The number of hydrogen-bond donors (Lipinski definition) is 2. The number of carboxylic acids is 1. The Balaban J connectivity index is 2.64. The van der Waals surface area contributed by atoms with Crippen LogP contribution in [0, 0.1) is 0 Å². The van der Waals surface area contributed by atoms with E-state index in [-0.39, 0.29) is 18.9 Å². The van der Waals surface area contributed by atoms with E-state index in [1.54, 1.807) is 38.5 Å². The van der Waals surface area contributed by atoms with Gasteiger partial charge in [0, 0.05) is 18.7 Å². The molecule has 108 valence electrons. The molecule has 0 atom stereocenters. The highest BCUT2D eigenvalue weighted by Gasteiger charge is 2.01. The molecule has 0 saturated heterocycles. The first-order valence-electron chi connectivity index (χ1n) is 5.96. The normalized spacial score (nSPS) is 10.3. The Labute approximate surface area is 117 Å². The van der Waals surface area contributed by atoms with Gasteiger partial charge in [-0.25, -0.2) is 0 Å². The molecule has 1 rings (SSSR count). The number of benzene rings is 1. The fraction of sp³-hybridized carbons (Fsp3) is 0.286. The SMILES string of the molecule is COc1cc(/C=C/C(=O)NCCC(=O)O)cc(OC)c1. The van der Waals surface area contributed by atoms with Gasteiger partial charge in [0.1, 0.15) is 11.5 Å². The number of methoxy groups -OCH3 is 2. The van der Waals surface area contributed by atoms with Gasteiger partial charge in [-0.3, -0.25) is 9.59 Å². The largest absolute Gasteiger partial charge is 0.497 e. The Morgan fingerprint density at radius 2 is 1.80 bits per heavy atom. The van der Waals surface area contributed by atoms with Crippen LogP contribution in [0.5, 0.6) is 11.5 Å². The summed E-state index contributed by atoms with van der Waals surface area (Å²) < 4.78 is 10.2. The molecule has 1 aromatic rings. The van der Waals surface area contributed by atoms with Gasteiger partial charge in [0.15, 0.2) is 0 Å². The first kappa shape index (κ1) is 15.6. The summed E-state index contributed by atoms with van der Waals surface area (Å²) in [6, 6.07) is 5.23. The molecule has 0 aliphatic carbocycles. The van der Waals surface area contributed by atoms with Crippen LogP contribution < -0.4 is 14.8 Å². The van der Waals surface area contributed by atoms with E-state index in [4.69, 9.17) is 14.6 Å². The van der Waals surface area contributed by atoms with Crippen LogP contribution in [0.15, 0.2) is 24.3 Å². The van der Waals surface area contributed by atoms with Crippen molar-refractivity contribution in [1.29, 1.82) is 0 Å². The fourth-order valence-corrected chi connectivity index (χ4v) is 1.45. The Morgan fingerprint density at radius 1 is 1.20 bits per heavy atom. The van der Waals surface area contributed by atoms with Gasteiger partial charge in [-0.05, 0) is 23.8 Å². The highest BCUT2D eigenvalue weighted by molar-refractivity contribution is 5.92. The molecule has 20 heavy (non-hydrogen) atoms. The van der Waals surface area contributed by atoms with Crippen molar-refractivity contribution < 1.29 is 24.2 Å². The molecule has 0 heterocycles. The molecular formula is C14H17NO5. The van der Waals surface area contributed by atoms with Gasteiger partial charge in [0.25, 0.3) is 0 Å². The summed E-state index contributed by atoms with van der Waals surface area (Å²) >= 11 is 0. The van der Waals surface area contributed by atoms with Gasteiger partial charge in [0.2, 0.25) is 5.91 Å². The Bertz CT molecular complexity index is 488. The zero-order chi connectivity index (χ0) is 15.0. The lowest BCUT2D eigenvalue weighted by Crippen LogP contribution is -2.23. The van der Waals surface area contributed by atoms with Crippen molar-refractivity contribution in [3.05, 3.63) is 29.8 Å². The van der Waals surface area contributed by atoms with Crippen molar-refractivity contribution in [3.8, 4) is 11.5 Å². The van der Waals surface area contributed by atoms with Crippen molar-refractivity contribution in [3.63, 3.8) is 0 Å². The molecule has 6 heteroatoms. The summed E-state index contributed by atoms with van der Waals surface area (Å²) in [5, 5.41) is 10.9. The maximum absolute atomic E-state index is 11.5. The number of rotatable bonds is 7. The average molecular weight is 279 g/mol. The van der Waals surface area contributed by atoms with Gasteiger partial charge in [-0.2, -0.15) is 0 Å². The first-order valence-corrected chi connectivity index (χ1v) is 5.96. The van der Waals surface area contributed by atoms with Gasteiger partial charge >= 0.3 is 5.97 Å². The molecule has 0 aliphatic heterocycles. The van der Waals surface area contributed by atoms with Crippen LogP contribution in [0.3, 0.4) is 0 Å². The number of nitrogens with one attached hydrogen (secondary N) is 1. The molecule has 0 unspecified atom stereocenters. The molecule has 0 saturated carbocycles. The minimum atomic E-state index is -0.952. The molecule has 0 fully saturated rings. The lowest BCUT2D eigenvalue weighted by Gasteiger charge is -2.05. The lowest BCUT2D eigenvalue weighted by atomic mass is 10.2. The number of aliphatic carboxylic acids is 1. The molecule has 0 radical (unpaired) electrons. The van der Waals surface area contributed by atoms with Crippen LogP contribution in [0.25, 0.3) is 6.08 Å². The molecule has 0 bridgehead atoms. The average Bonchev–Trinajstić information content (AvgIpc) is 2.44. The van der Waals surface area contributed by atoms with Crippen LogP contribution in [-0.2, 0) is 9.59 Å². The van der Waals surface area contributed by atoms with Gasteiger partial charge < -0.3 is 19.9 Å². The molecule has 6 nitrogen and oxygen atoms in total. The second-order valence-corrected chi connectivity index (χ2v) is 3.91. The standard InChI is InChI=1S/C14H17NO5/c1-19-11-7-10(8-12(9-11)20-2)3-4-13(16)15-6-5-14(17)18/h3-4,7-9H,5-6H2,1-2H3,(H,15,16)(H,17,18)/b4-3+. The molecule has 2 N–H and O–H groups in total. The van der Waals surface area contributed by atoms with Crippen molar-refractivity contribution in [2.75, 3.05) is 20.8 Å². The van der Waals surface area contributed by atoms with Crippen LogP contribution in [0.4, 0.5) is 0 Å². The number of carboxylic acid groups (broad SMARTS) is 1. The lowest BCUT2D eigenvalue weighted by molar-refractivity contribution is -0.136. The number of amides is 1. The van der Waals surface area contributed by atoms with E-state index in [0.717, 1.165) is 5.56 Å². The zero-order valence-corrected chi connectivity index (χ0v) is 11.4. The number of carbonyl (C=O) groups excluding carboxylic acids is 1.